The van der Waals surface area contributed by atoms with Crippen LogP contribution in [0, 0.1) is 0 Å². The van der Waals surface area contributed by atoms with E-state index in [1.54, 1.807) is 0 Å². The number of carbonyl (C=O) groups is 1. The Balaban J connectivity index is 0.00000320. The number of piperazine rings is 1. The van der Waals surface area contributed by atoms with Crippen LogP contribution in [0.15, 0.2) is 4.99 Å². The molecule has 3 aliphatic rings. The van der Waals surface area contributed by atoms with Gasteiger partial charge in [-0.25, -0.2) is 0 Å². The van der Waals surface area contributed by atoms with Crippen LogP contribution in [-0.2, 0) is 9.53 Å². The summed E-state index contributed by atoms with van der Waals surface area (Å²) in [5, 5.41) is 3.57. The molecule has 0 bridgehead atoms. The second kappa shape index (κ2) is 12.4. The quantitative estimate of drug-likeness (QED) is 0.321. The van der Waals surface area contributed by atoms with E-state index in [0.29, 0.717) is 18.0 Å². The molecule has 174 valence electrons. The van der Waals surface area contributed by atoms with Crippen molar-refractivity contribution >= 4 is 35.8 Å². The van der Waals surface area contributed by atoms with Gasteiger partial charge in [-0.3, -0.25) is 19.6 Å². The Morgan fingerprint density at radius 3 is 2.33 bits per heavy atom. The molecule has 9 heteroatoms. The van der Waals surface area contributed by atoms with E-state index in [2.05, 4.69) is 45.8 Å². The molecule has 0 radical (unpaired) electrons. The molecule has 0 aromatic heterocycles. The second-order valence-electron chi connectivity index (χ2n) is 8.67. The maximum atomic E-state index is 12.7. The highest BCUT2D eigenvalue weighted by molar-refractivity contribution is 14.0. The maximum absolute atomic E-state index is 12.7. The number of nitrogens with one attached hydrogen (secondary N) is 1. The zero-order chi connectivity index (χ0) is 20.8. The molecule has 30 heavy (non-hydrogen) atoms. The first-order valence-electron chi connectivity index (χ1n) is 11.3. The zero-order valence-electron chi connectivity index (χ0n) is 19.2. The fourth-order valence-electron chi connectivity index (χ4n) is 4.76. The van der Waals surface area contributed by atoms with E-state index < -0.39 is 0 Å². The number of rotatable bonds is 5. The summed E-state index contributed by atoms with van der Waals surface area (Å²) < 4.78 is 5.56. The molecule has 0 aromatic rings. The van der Waals surface area contributed by atoms with Crippen molar-refractivity contribution in [2.75, 3.05) is 72.6 Å². The van der Waals surface area contributed by atoms with E-state index in [4.69, 9.17) is 4.74 Å². The Hall–Kier alpha value is -0.650. The predicted octanol–water partition coefficient (Wildman–Crippen LogP) is 0.918. The number of halogens is 1. The minimum absolute atomic E-state index is 0. The molecule has 3 fully saturated rings. The molecular weight excluding hydrogens is 495 g/mol. The van der Waals surface area contributed by atoms with Crippen molar-refractivity contribution in [1.29, 1.82) is 0 Å². The van der Waals surface area contributed by atoms with Gasteiger partial charge in [-0.15, -0.1) is 24.0 Å². The van der Waals surface area contributed by atoms with E-state index in [-0.39, 0.29) is 30.0 Å². The number of carbonyl (C=O) groups excluding carboxylic acids is 1. The summed E-state index contributed by atoms with van der Waals surface area (Å²) >= 11 is 0. The van der Waals surface area contributed by atoms with Crippen LogP contribution in [0.5, 0.6) is 0 Å². The minimum Gasteiger partial charge on any atom is -0.379 e. The lowest BCUT2D eigenvalue weighted by Gasteiger charge is -2.41. The second-order valence-corrected chi connectivity index (χ2v) is 8.67. The largest absolute Gasteiger partial charge is 0.379 e. The minimum atomic E-state index is -0.0203. The van der Waals surface area contributed by atoms with Crippen molar-refractivity contribution < 1.29 is 9.53 Å². The summed E-state index contributed by atoms with van der Waals surface area (Å²) in [7, 11) is 1.86. The van der Waals surface area contributed by atoms with E-state index in [0.717, 1.165) is 84.4 Å². The lowest BCUT2D eigenvalue weighted by molar-refractivity contribution is -0.135. The van der Waals surface area contributed by atoms with Gasteiger partial charge in [-0.05, 0) is 33.6 Å². The number of amides is 1. The van der Waals surface area contributed by atoms with Crippen molar-refractivity contribution in [1.82, 2.24) is 24.9 Å². The molecule has 0 aromatic carbocycles. The molecule has 1 N–H and O–H groups in total. The van der Waals surface area contributed by atoms with Crippen LogP contribution in [0.4, 0.5) is 0 Å². The number of hydrogen-bond acceptors (Lipinski definition) is 5. The van der Waals surface area contributed by atoms with Crippen LogP contribution in [-0.4, -0.2) is 122 Å². The van der Waals surface area contributed by atoms with E-state index in [1.165, 1.54) is 0 Å². The lowest BCUT2D eigenvalue weighted by Crippen LogP contribution is -2.58. The first-order chi connectivity index (χ1) is 14.0. The van der Waals surface area contributed by atoms with Crippen LogP contribution >= 0.6 is 24.0 Å². The first-order valence-corrected chi connectivity index (χ1v) is 11.3. The molecule has 8 nitrogen and oxygen atoms in total. The number of guanidine groups is 1. The van der Waals surface area contributed by atoms with Crippen molar-refractivity contribution in [3.8, 4) is 0 Å². The number of hydrogen-bond donors (Lipinski definition) is 1. The van der Waals surface area contributed by atoms with Gasteiger partial charge in [0.05, 0.1) is 19.3 Å². The van der Waals surface area contributed by atoms with Gasteiger partial charge in [-0.1, -0.05) is 0 Å². The molecule has 3 rings (SSSR count). The first kappa shape index (κ1) is 25.6. The number of morpholine rings is 1. The zero-order valence-corrected chi connectivity index (χ0v) is 21.5. The topological polar surface area (TPSA) is 63.7 Å². The molecule has 3 unspecified atom stereocenters. The van der Waals surface area contributed by atoms with Gasteiger partial charge >= 0.3 is 0 Å². The summed E-state index contributed by atoms with van der Waals surface area (Å²) in [6.45, 7) is 15.5. The third kappa shape index (κ3) is 6.43. The number of aliphatic imine (C=N–C) groups is 1. The molecule has 0 spiro atoms. The number of ether oxygens (including phenoxy) is 1. The predicted molar refractivity (Wildman–Crippen MR) is 132 cm³/mol. The van der Waals surface area contributed by atoms with Crippen LogP contribution in [0.25, 0.3) is 0 Å². The number of nitrogens with zero attached hydrogens (tertiary/aromatic N) is 5. The summed E-state index contributed by atoms with van der Waals surface area (Å²) in [5.41, 5.74) is 0. The SMILES string of the molecule is CN=C(NCC(C)N1CCOCC1C)N1CCN(C(C)C(=O)N2CCCC2)CC1.I. The van der Waals surface area contributed by atoms with Crippen molar-refractivity contribution in [2.24, 2.45) is 4.99 Å². The normalized spacial score (nSPS) is 26.3. The Morgan fingerprint density at radius 2 is 1.73 bits per heavy atom. The smallest absolute Gasteiger partial charge is 0.239 e. The Bertz CT molecular complexity index is 564. The van der Waals surface area contributed by atoms with E-state index in [1.807, 2.05) is 11.9 Å². The highest BCUT2D eigenvalue weighted by Gasteiger charge is 2.31. The van der Waals surface area contributed by atoms with Crippen LogP contribution < -0.4 is 5.32 Å². The average molecular weight is 537 g/mol. The highest BCUT2D eigenvalue weighted by Crippen LogP contribution is 2.14. The summed E-state index contributed by atoms with van der Waals surface area (Å²) in [4.78, 5) is 26.4. The fraction of sp³-hybridized carbons (Fsp3) is 0.905. The van der Waals surface area contributed by atoms with Crippen LogP contribution in [0.1, 0.15) is 33.6 Å². The maximum Gasteiger partial charge on any atom is 0.239 e. The highest BCUT2D eigenvalue weighted by atomic mass is 127. The standard InChI is InChI=1S/C21H40N6O2.HI/c1-17(27-13-14-29-16-18(27)2)15-23-21(22-4)26-11-9-24(10-12-26)19(3)20(28)25-7-5-6-8-25;/h17-19H,5-16H2,1-4H3,(H,22,23);1H. The molecule has 3 saturated heterocycles. The third-order valence-corrected chi connectivity index (χ3v) is 6.69. The van der Waals surface area contributed by atoms with Crippen molar-refractivity contribution in [2.45, 2.75) is 51.7 Å². The Kier molecular flexibility index (Phi) is 10.6. The molecule has 0 saturated carbocycles. The average Bonchev–Trinajstić information content (AvgIpc) is 3.28. The summed E-state index contributed by atoms with van der Waals surface area (Å²) in [6.07, 6.45) is 2.30. The molecule has 1 amide bonds. The van der Waals surface area contributed by atoms with Gasteiger partial charge in [0.2, 0.25) is 5.91 Å². The van der Waals surface area contributed by atoms with Crippen LogP contribution in [0.3, 0.4) is 0 Å². The molecule has 0 aliphatic carbocycles. The van der Waals surface area contributed by atoms with Crippen LogP contribution in [0.2, 0.25) is 0 Å². The molecule has 3 atom stereocenters. The number of likely N-dealkylation sites (tertiary alicyclic amines) is 1. The third-order valence-electron chi connectivity index (χ3n) is 6.69. The summed E-state index contributed by atoms with van der Waals surface area (Å²) in [5.74, 6) is 1.27. The van der Waals surface area contributed by atoms with Crippen molar-refractivity contribution in [3.05, 3.63) is 0 Å². The van der Waals surface area contributed by atoms with Gasteiger partial charge in [0.25, 0.3) is 0 Å². The summed E-state index contributed by atoms with van der Waals surface area (Å²) in [6, 6.07) is 0.874. The van der Waals surface area contributed by atoms with E-state index in [9.17, 15) is 4.79 Å². The Morgan fingerprint density at radius 1 is 1.07 bits per heavy atom. The van der Waals surface area contributed by atoms with Gasteiger partial charge in [0.15, 0.2) is 5.96 Å². The van der Waals surface area contributed by atoms with Gasteiger partial charge < -0.3 is 19.9 Å². The molecule has 3 heterocycles. The fourth-order valence-corrected chi connectivity index (χ4v) is 4.76. The molecular formula is C21H41IN6O2. The van der Waals surface area contributed by atoms with Gasteiger partial charge in [0.1, 0.15) is 0 Å². The monoisotopic (exact) mass is 536 g/mol. The van der Waals surface area contributed by atoms with Crippen molar-refractivity contribution in [3.63, 3.8) is 0 Å². The van der Waals surface area contributed by atoms with E-state index >= 15 is 0 Å². The molecule has 3 aliphatic heterocycles. The van der Waals surface area contributed by atoms with Gasteiger partial charge in [-0.2, -0.15) is 0 Å². The lowest BCUT2D eigenvalue weighted by atomic mass is 10.2. The Labute approximate surface area is 199 Å². The van der Waals surface area contributed by atoms with Gasteiger partial charge in [0, 0.05) is 71.5 Å².